The number of sulfonamides is 1. The summed E-state index contributed by atoms with van der Waals surface area (Å²) in [6.07, 6.45) is 1.85. The molecule has 3 rings (SSSR count). The van der Waals surface area contributed by atoms with Gasteiger partial charge in [-0.15, -0.1) is 0 Å². The van der Waals surface area contributed by atoms with Gasteiger partial charge in [0.1, 0.15) is 0 Å². The molecule has 2 heterocycles. The lowest BCUT2D eigenvalue weighted by Crippen LogP contribution is -2.40. The Balaban J connectivity index is 1.59. The van der Waals surface area contributed by atoms with Crippen molar-refractivity contribution in [2.45, 2.75) is 25.7 Å². The van der Waals surface area contributed by atoms with Gasteiger partial charge in [-0.25, -0.2) is 12.7 Å². The monoisotopic (exact) mass is 364 g/mol. The third-order valence-corrected chi connectivity index (χ3v) is 6.86. The highest BCUT2D eigenvalue weighted by atomic mass is 32.2. The van der Waals surface area contributed by atoms with E-state index in [2.05, 4.69) is 46.4 Å². The van der Waals surface area contributed by atoms with E-state index in [9.17, 15) is 8.42 Å². The Labute approximate surface area is 151 Å². The van der Waals surface area contributed by atoms with E-state index in [-0.39, 0.29) is 5.75 Å². The lowest BCUT2D eigenvalue weighted by molar-refractivity contribution is 0.446. The highest BCUT2D eigenvalue weighted by Crippen LogP contribution is 2.26. The minimum atomic E-state index is -3.03. The zero-order chi connectivity index (χ0) is 17.7. The van der Waals surface area contributed by atoms with E-state index in [1.165, 1.54) is 5.56 Å². The minimum Gasteiger partial charge on any atom is -0.357 e. The van der Waals surface area contributed by atoms with Crippen LogP contribution in [0, 0.1) is 0 Å². The number of hydrogen-bond donors (Lipinski definition) is 1. The van der Waals surface area contributed by atoms with Crippen molar-refractivity contribution in [2.24, 2.45) is 4.99 Å². The second-order valence-corrected chi connectivity index (χ2v) is 8.74. The van der Waals surface area contributed by atoms with Crippen molar-refractivity contribution in [2.75, 3.05) is 45.0 Å². The van der Waals surface area contributed by atoms with Gasteiger partial charge in [-0.3, -0.25) is 4.99 Å². The molecule has 1 N–H and O–H groups in total. The lowest BCUT2D eigenvalue weighted by Gasteiger charge is -2.22. The Bertz CT molecular complexity index is 690. The zero-order valence-electron chi connectivity index (χ0n) is 14.9. The fourth-order valence-electron chi connectivity index (χ4n) is 3.59. The number of hydrogen-bond acceptors (Lipinski definition) is 3. The fourth-order valence-corrected chi connectivity index (χ4v) is 5.10. The summed E-state index contributed by atoms with van der Waals surface area (Å²) in [7, 11) is -3.03. The third kappa shape index (κ3) is 4.52. The summed E-state index contributed by atoms with van der Waals surface area (Å²) in [4.78, 5) is 6.97. The summed E-state index contributed by atoms with van der Waals surface area (Å²) < 4.78 is 25.3. The van der Waals surface area contributed by atoms with E-state index >= 15 is 0 Å². The van der Waals surface area contributed by atoms with Crippen LogP contribution in [0.1, 0.15) is 31.2 Å². The molecule has 0 amide bonds. The zero-order valence-corrected chi connectivity index (χ0v) is 15.7. The predicted octanol–water partition coefficient (Wildman–Crippen LogP) is 1.48. The van der Waals surface area contributed by atoms with Crippen molar-refractivity contribution < 1.29 is 8.42 Å². The van der Waals surface area contributed by atoms with Crippen LogP contribution in [0.4, 0.5) is 0 Å². The molecule has 1 atom stereocenters. The standard InChI is InChI=1S/C18H28N4O2S/c1-2-19-18(20-10-13-22-11-6-14-25(22,23)24)21-12-9-17(15-21)16-7-4-3-5-8-16/h3-5,7-8,17H,2,6,9-15H2,1H3,(H,19,20). The van der Waals surface area contributed by atoms with E-state index < -0.39 is 10.0 Å². The van der Waals surface area contributed by atoms with E-state index in [1.807, 2.05) is 6.07 Å². The smallest absolute Gasteiger partial charge is 0.214 e. The maximum Gasteiger partial charge on any atom is 0.214 e. The molecule has 0 aromatic heterocycles. The molecule has 6 nitrogen and oxygen atoms in total. The number of nitrogens with zero attached hydrogens (tertiary/aromatic N) is 3. The van der Waals surface area contributed by atoms with Gasteiger partial charge in [-0.1, -0.05) is 30.3 Å². The SMILES string of the molecule is CCNC(=NCCN1CCCS1(=O)=O)N1CCC(c2ccccc2)C1. The number of benzene rings is 1. The van der Waals surface area contributed by atoms with Gasteiger partial charge >= 0.3 is 0 Å². The van der Waals surface area contributed by atoms with Crippen LogP contribution in [-0.4, -0.2) is 68.6 Å². The summed E-state index contributed by atoms with van der Waals surface area (Å²) in [6.45, 7) is 6.43. The highest BCUT2D eigenvalue weighted by molar-refractivity contribution is 7.89. The average molecular weight is 365 g/mol. The number of rotatable bonds is 5. The Morgan fingerprint density at radius 1 is 1.28 bits per heavy atom. The predicted molar refractivity (Wildman–Crippen MR) is 101 cm³/mol. The average Bonchev–Trinajstić information content (AvgIpc) is 3.22. The molecule has 0 saturated carbocycles. The quantitative estimate of drug-likeness (QED) is 0.635. The fraction of sp³-hybridized carbons (Fsp3) is 0.611. The van der Waals surface area contributed by atoms with Crippen molar-refractivity contribution in [1.29, 1.82) is 0 Å². The first-order chi connectivity index (χ1) is 12.1. The first-order valence-corrected chi connectivity index (χ1v) is 10.8. The van der Waals surface area contributed by atoms with Crippen molar-refractivity contribution in [3.05, 3.63) is 35.9 Å². The molecule has 138 valence electrons. The molecule has 0 spiro atoms. The summed E-state index contributed by atoms with van der Waals surface area (Å²) in [6, 6.07) is 10.6. The van der Waals surface area contributed by atoms with Crippen LogP contribution in [0.5, 0.6) is 0 Å². The lowest BCUT2D eigenvalue weighted by atomic mass is 9.99. The normalized spacial score (nSPS) is 24.0. The van der Waals surface area contributed by atoms with Gasteiger partial charge in [-0.05, 0) is 25.3 Å². The number of aliphatic imine (C=N–C) groups is 1. The van der Waals surface area contributed by atoms with Crippen molar-refractivity contribution in [1.82, 2.24) is 14.5 Å². The highest BCUT2D eigenvalue weighted by Gasteiger charge is 2.28. The van der Waals surface area contributed by atoms with Gasteiger partial charge in [-0.2, -0.15) is 0 Å². The molecule has 0 aliphatic carbocycles. The van der Waals surface area contributed by atoms with E-state index in [0.717, 1.165) is 38.4 Å². The molecule has 7 heteroatoms. The third-order valence-electron chi connectivity index (χ3n) is 4.91. The molecular weight excluding hydrogens is 336 g/mol. The van der Waals surface area contributed by atoms with Gasteiger partial charge in [0.25, 0.3) is 0 Å². The molecule has 1 aromatic rings. The van der Waals surface area contributed by atoms with Crippen LogP contribution in [-0.2, 0) is 10.0 Å². The van der Waals surface area contributed by atoms with Crippen molar-refractivity contribution in [3.63, 3.8) is 0 Å². The topological polar surface area (TPSA) is 65.0 Å². The Morgan fingerprint density at radius 3 is 2.76 bits per heavy atom. The van der Waals surface area contributed by atoms with Crippen LogP contribution >= 0.6 is 0 Å². The Kier molecular flexibility index (Phi) is 5.96. The molecule has 2 aliphatic heterocycles. The summed E-state index contributed by atoms with van der Waals surface area (Å²) >= 11 is 0. The van der Waals surface area contributed by atoms with Crippen LogP contribution in [0.2, 0.25) is 0 Å². The van der Waals surface area contributed by atoms with E-state index in [4.69, 9.17) is 0 Å². The molecular formula is C18H28N4O2S. The Hall–Kier alpha value is -1.60. The van der Waals surface area contributed by atoms with Crippen molar-refractivity contribution in [3.8, 4) is 0 Å². The molecule has 0 radical (unpaired) electrons. The second-order valence-electron chi connectivity index (χ2n) is 6.65. The van der Waals surface area contributed by atoms with Crippen LogP contribution in [0.3, 0.4) is 0 Å². The van der Waals surface area contributed by atoms with Gasteiger partial charge < -0.3 is 10.2 Å². The van der Waals surface area contributed by atoms with E-state index in [1.54, 1.807) is 4.31 Å². The van der Waals surface area contributed by atoms with Crippen LogP contribution in [0.25, 0.3) is 0 Å². The van der Waals surface area contributed by atoms with Gasteiger partial charge in [0.15, 0.2) is 5.96 Å². The van der Waals surface area contributed by atoms with Crippen LogP contribution < -0.4 is 5.32 Å². The minimum absolute atomic E-state index is 0.279. The van der Waals surface area contributed by atoms with Gasteiger partial charge in [0.2, 0.25) is 10.0 Å². The molecule has 2 fully saturated rings. The summed E-state index contributed by atoms with van der Waals surface area (Å²) in [5, 5.41) is 3.35. The van der Waals surface area contributed by atoms with Gasteiger partial charge in [0, 0.05) is 38.6 Å². The number of likely N-dealkylation sites (tertiary alicyclic amines) is 1. The molecule has 25 heavy (non-hydrogen) atoms. The maximum absolute atomic E-state index is 11.9. The Morgan fingerprint density at radius 2 is 2.08 bits per heavy atom. The molecule has 1 unspecified atom stereocenters. The molecule has 2 saturated heterocycles. The molecule has 1 aromatic carbocycles. The second kappa shape index (κ2) is 8.19. The summed E-state index contributed by atoms with van der Waals surface area (Å²) in [5.74, 6) is 1.71. The molecule has 2 aliphatic rings. The van der Waals surface area contributed by atoms with Crippen molar-refractivity contribution >= 4 is 16.0 Å². The summed E-state index contributed by atoms with van der Waals surface area (Å²) in [5.41, 5.74) is 1.38. The first kappa shape index (κ1) is 18.2. The first-order valence-electron chi connectivity index (χ1n) is 9.16. The van der Waals surface area contributed by atoms with Crippen LogP contribution in [0.15, 0.2) is 35.3 Å². The van der Waals surface area contributed by atoms with E-state index in [0.29, 0.717) is 25.6 Å². The number of nitrogens with one attached hydrogen (secondary N) is 1. The maximum atomic E-state index is 11.9. The number of guanidine groups is 1. The molecule has 0 bridgehead atoms. The largest absolute Gasteiger partial charge is 0.357 e. The van der Waals surface area contributed by atoms with Gasteiger partial charge in [0.05, 0.1) is 12.3 Å².